The molecule has 5 nitrogen and oxygen atoms in total. The van der Waals surface area contributed by atoms with Gasteiger partial charge in [-0.25, -0.2) is 13.6 Å². The number of nitrogens with zero attached hydrogens (tertiary/aromatic N) is 1. The van der Waals surface area contributed by atoms with Crippen LogP contribution in [0, 0.1) is 5.92 Å². The number of halogens is 2. The number of piperidine rings is 1. The molecule has 0 aliphatic carbocycles. The average Bonchev–Trinajstić information content (AvgIpc) is 2.32. The molecular weight excluding hydrogens is 246 g/mol. The number of urea groups is 1. The molecule has 18 heavy (non-hydrogen) atoms. The Kier molecular flexibility index (Phi) is 5.46. The molecule has 0 bridgehead atoms. The number of alkyl halides is 2. The van der Waals surface area contributed by atoms with Gasteiger partial charge in [-0.2, -0.15) is 0 Å². The van der Waals surface area contributed by atoms with Crippen molar-refractivity contribution in [2.24, 2.45) is 5.92 Å². The summed E-state index contributed by atoms with van der Waals surface area (Å²) in [4.78, 5) is 24.0. The topological polar surface area (TPSA) is 69.6 Å². The minimum Gasteiger partial charge on any atom is -0.385 e. The maximum absolute atomic E-state index is 12.6. The summed E-state index contributed by atoms with van der Waals surface area (Å²) in [5.74, 6) is -2.24. The Balaban J connectivity index is 2.56. The number of unbranched alkanes of at least 4 members (excludes halogenated alkanes) is 1. The van der Waals surface area contributed by atoms with Crippen LogP contribution in [0.5, 0.6) is 0 Å². The first-order valence-electron chi connectivity index (χ1n) is 5.99. The average molecular weight is 264 g/mol. The van der Waals surface area contributed by atoms with Gasteiger partial charge in [0.15, 0.2) is 5.78 Å². The number of carbonyl (C=O) groups excluding carboxylic acids is 2. The summed E-state index contributed by atoms with van der Waals surface area (Å²) in [6.07, 6.45) is -2.81. The zero-order valence-electron chi connectivity index (χ0n) is 10.2. The van der Waals surface area contributed by atoms with Crippen LogP contribution in [0.2, 0.25) is 0 Å². The van der Waals surface area contributed by atoms with Gasteiger partial charge in [-0.05, 0) is 6.42 Å². The highest BCUT2D eigenvalue weighted by atomic mass is 19.3. The zero-order valence-corrected chi connectivity index (χ0v) is 10.2. The van der Waals surface area contributed by atoms with Gasteiger partial charge in [0.2, 0.25) is 6.43 Å². The molecule has 1 saturated heterocycles. The van der Waals surface area contributed by atoms with Gasteiger partial charge in [0.05, 0.1) is 12.5 Å². The number of likely N-dealkylation sites (tertiary alicyclic amines) is 1. The molecule has 0 aromatic carbocycles. The molecule has 0 spiro atoms. The summed E-state index contributed by atoms with van der Waals surface area (Å²) in [6.45, 7) is 1.78. The molecule has 1 rings (SSSR count). The number of amides is 2. The fourth-order valence-corrected chi connectivity index (χ4v) is 1.80. The van der Waals surface area contributed by atoms with E-state index in [-0.39, 0.29) is 13.1 Å². The van der Waals surface area contributed by atoms with Crippen LogP contribution in [0.3, 0.4) is 0 Å². The molecule has 2 amide bonds. The lowest BCUT2D eigenvalue weighted by molar-refractivity contribution is -0.140. The lowest BCUT2D eigenvalue weighted by Crippen LogP contribution is -2.56. The van der Waals surface area contributed by atoms with Gasteiger partial charge >= 0.3 is 6.03 Å². The van der Waals surface area contributed by atoms with E-state index in [4.69, 9.17) is 0 Å². The summed E-state index contributed by atoms with van der Waals surface area (Å²) in [7, 11) is 0. The molecule has 1 aliphatic rings. The van der Waals surface area contributed by atoms with Gasteiger partial charge < -0.3 is 15.3 Å². The third-order valence-corrected chi connectivity index (χ3v) is 2.93. The Morgan fingerprint density at radius 1 is 1.61 bits per heavy atom. The van der Waals surface area contributed by atoms with Crippen LogP contribution >= 0.6 is 0 Å². The van der Waals surface area contributed by atoms with E-state index in [0.29, 0.717) is 6.54 Å². The van der Waals surface area contributed by atoms with Crippen molar-refractivity contribution in [1.29, 1.82) is 0 Å². The summed E-state index contributed by atoms with van der Waals surface area (Å²) < 4.78 is 25.2. The van der Waals surface area contributed by atoms with Crippen LogP contribution in [0.1, 0.15) is 19.8 Å². The van der Waals surface area contributed by atoms with Gasteiger partial charge in [0, 0.05) is 13.1 Å². The number of carbonyl (C=O) groups is 2. The third-order valence-electron chi connectivity index (χ3n) is 2.93. The number of ketones is 1. The molecule has 0 aromatic rings. The van der Waals surface area contributed by atoms with Crippen LogP contribution in [-0.2, 0) is 4.79 Å². The highest BCUT2D eigenvalue weighted by molar-refractivity contribution is 5.90. The van der Waals surface area contributed by atoms with Crippen molar-refractivity contribution in [2.75, 3.05) is 19.6 Å². The first-order valence-corrected chi connectivity index (χ1v) is 5.99. The Labute approximate surface area is 104 Å². The minimum absolute atomic E-state index is 0.303. The van der Waals surface area contributed by atoms with Crippen LogP contribution < -0.4 is 5.32 Å². The largest absolute Gasteiger partial charge is 0.385 e. The van der Waals surface area contributed by atoms with Crippen molar-refractivity contribution in [3.05, 3.63) is 0 Å². The molecule has 0 saturated carbocycles. The van der Waals surface area contributed by atoms with Crippen molar-refractivity contribution in [3.8, 4) is 0 Å². The summed E-state index contributed by atoms with van der Waals surface area (Å²) in [6, 6.07) is -0.533. The normalized spacial score (nSPS) is 24.5. The number of rotatable bonds is 4. The summed E-state index contributed by atoms with van der Waals surface area (Å²) >= 11 is 0. The minimum atomic E-state index is -2.82. The van der Waals surface area contributed by atoms with Crippen molar-refractivity contribution < 1.29 is 23.5 Å². The standard InChI is InChI=1S/C11H18F2N2O3/c1-2-3-4-14-11(18)15-5-7(10(12)13)9(17)8(16)6-15/h7,9-10,17H,2-6H2,1H3,(H,14,18)/t7-,9+/m0/s1. The Bertz CT molecular complexity index is 313. The van der Waals surface area contributed by atoms with E-state index in [2.05, 4.69) is 5.32 Å². The maximum atomic E-state index is 12.6. The SMILES string of the molecule is CCCCNC(=O)N1CC(=O)[C@H](O)[C@@H](C(F)F)C1. The van der Waals surface area contributed by atoms with Crippen molar-refractivity contribution in [1.82, 2.24) is 10.2 Å². The molecule has 1 aliphatic heterocycles. The fraction of sp³-hybridized carbons (Fsp3) is 0.818. The first kappa shape index (κ1) is 14.8. The Morgan fingerprint density at radius 2 is 2.28 bits per heavy atom. The molecule has 0 unspecified atom stereocenters. The number of hydrogen-bond acceptors (Lipinski definition) is 3. The van der Waals surface area contributed by atoms with Crippen LogP contribution in [0.15, 0.2) is 0 Å². The van der Waals surface area contributed by atoms with Crippen LogP contribution in [0.25, 0.3) is 0 Å². The Hall–Kier alpha value is -1.24. The van der Waals surface area contributed by atoms with Crippen molar-refractivity contribution >= 4 is 11.8 Å². The van der Waals surface area contributed by atoms with Gasteiger partial charge in [0.1, 0.15) is 6.10 Å². The highest BCUT2D eigenvalue weighted by Crippen LogP contribution is 2.21. The summed E-state index contributed by atoms with van der Waals surface area (Å²) in [5, 5.41) is 11.9. The number of aliphatic hydroxyl groups is 1. The second-order valence-corrected chi connectivity index (χ2v) is 4.38. The lowest BCUT2D eigenvalue weighted by atomic mass is 9.94. The molecule has 1 heterocycles. The molecule has 0 aromatic heterocycles. The van der Waals surface area contributed by atoms with Gasteiger partial charge in [0.25, 0.3) is 0 Å². The van der Waals surface area contributed by atoms with Crippen molar-refractivity contribution in [3.63, 3.8) is 0 Å². The smallest absolute Gasteiger partial charge is 0.317 e. The molecule has 2 atom stereocenters. The highest BCUT2D eigenvalue weighted by Gasteiger charge is 2.41. The van der Waals surface area contributed by atoms with Gasteiger partial charge in [-0.3, -0.25) is 4.79 Å². The number of Topliss-reactive ketones (excluding diaryl/α,β-unsaturated/α-hetero) is 1. The molecule has 0 radical (unpaired) electrons. The molecule has 1 fully saturated rings. The summed E-state index contributed by atoms with van der Waals surface area (Å²) in [5.41, 5.74) is 0. The van der Waals surface area contributed by atoms with E-state index in [9.17, 15) is 23.5 Å². The monoisotopic (exact) mass is 264 g/mol. The first-order chi connectivity index (χ1) is 8.47. The second-order valence-electron chi connectivity index (χ2n) is 4.38. The van der Waals surface area contributed by atoms with Crippen LogP contribution in [-0.4, -0.2) is 54.0 Å². The van der Waals surface area contributed by atoms with Crippen LogP contribution in [0.4, 0.5) is 13.6 Å². The zero-order chi connectivity index (χ0) is 13.7. The van der Waals surface area contributed by atoms with Crippen molar-refractivity contribution in [2.45, 2.75) is 32.3 Å². The predicted molar refractivity (Wildman–Crippen MR) is 60.4 cm³/mol. The van der Waals surface area contributed by atoms with E-state index < -0.39 is 30.3 Å². The predicted octanol–water partition coefficient (Wildman–Crippen LogP) is 0.623. The third kappa shape index (κ3) is 3.63. The Morgan fingerprint density at radius 3 is 2.83 bits per heavy atom. The molecule has 104 valence electrons. The van der Waals surface area contributed by atoms with E-state index in [1.165, 1.54) is 0 Å². The van der Waals surface area contributed by atoms with E-state index >= 15 is 0 Å². The lowest BCUT2D eigenvalue weighted by Gasteiger charge is -2.34. The second kappa shape index (κ2) is 6.63. The van der Waals surface area contributed by atoms with E-state index in [0.717, 1.165) is 17.7 Å². The van der Waals surface area contributed by atoms with E-state index in [1.807, 2.05) is 6.92 Å². The number of nitrogens with one attached hydrogen (secondary N) is 1. The van der Waals surface area contributed by atoms with Gasteiger partial charge in [-0.15, -0.1) is 0 Å². The number of aliphatic hydroxyl groups excluding tert-OH is 1. The fourth-order valence-electron chi connectivity index (χ4n) is 1.80. The molecule has 2 N–H and O–H groups in total. The quantitative estimate of drug-likeness (QED) is 0.731. The number of hydrogen-bond donors (Lipinski definition) is 2. The molecule has 7 heteroatoms. The van der Waals surface area contributed by atoms with Gasteiger partial charge in [-0.1, -0.05) is 13.3 Å². The maximum Gasteiger partial charge on any atom is 0.317 e. The molecular formula is C11H18F2N2O3. The van der Waals surface area contributed by atoms with E-state index in [1.54, 1.807) is 0 Å².